The average Bonchev–Trinajstić information content (AvgIpc) is 2.70. The molecule has 0 aliphatic rings. The van der Waals surface area contributed by atoms with Gasteiger partial charge in [-0.25, -0.2) is 19.9 Å². The lowest BCUT2D eigenvalue weighted by Crippen LogP contribution is -1.97. The Bertz CT molecular complexity index is 1030. The number of benzene rings is 2. The first-order chi connectivity index (χ1) is 13.3. The van der Waals surface area contributed by atoms with E-state index in [1.54, 1.807) is 12.7 Å². The smallest absolute Gasteiger partial charge is 0.134 e. The van der Waals surface area contributed by atoms with E-state index in [0.717, 1.165) is 40.0 Å². The third-order valence-electron chi connectivity index (χ3n) is 3.97. The number of hydrogen-bond acceptors (Lipinski definition) is 6. The normalized spacial score (nSPS) is 10.4. The van der Waals surface area contributed by atoms with Crippen molar-refractivity contribution in [3.63, 3.8) is 0 Å². The van der Waals surface area contributed by atoms with Crippen LogP contribution in [-0.2, 0) is 0 Å². The summed E-state index contributed by atoms with van der Waals surface area (Å²) in [5.41, 5.74) is 4.75. The van der Waals surface area contributed by atoms with Crippen molar-refractivity contribution in [2.24, 2.45) is 0 Å². The van der Waals surface area contributed by atoms with Crippen LogP contribution in [-0.4, -0.2) is 19.9 Å². The Balaban J connectivity index is 1.47. The molecule has 0 bridgehead atoms. The third kappa shape index (κ3) is 4.24. The van der Waals surface area contributed by atoms with Crippen molar-refractivity contribution in [3.05, 3.63) is 85.1 Å². The van der Waals surface area contributed by atoms with Crippen LogP contribution in [0.4, 0.5) is 23.0 Å². The van der Waals surface area contributed by atoms with Crippen LogP contribution in [0, 0.1) is 6.92 Å². The summed E-state index contributed by atoms with van der Waals surface area (Å²) in [6.45, 7) is 1.94. The van der Waals surface area contributed by atoms with E-state index in [9.17, 15) is 0 Å². The lowest BCUT2D eigenvalue weighted by molar-refractivity contribution is 1.10. The van der Waals surface area contributed by atoms with Crippen molar-refractivity contribution in [2.75, 3.05) is 10.6 Å². The Morgan fingerprint density at radius 3 is 1.85 bits per heavy atom. The summed E-state index contributed by atoms with van der Waals surface area (Å²) in [7, 11) is 0. The van der Waals surface area contributed by atoms with E-state index < -0.39 is 0 Å². The molecular weight excluding hydrogens is 336 g/mol. The van der Waals surface area contributed by atoms with Crippen LogP contribution >= 0.6 is 0 Å². The summed E-state index contributed by atoms with van der Waals surface area (Å²) in [5, 5.41) is 6.57. The Morgan fingerprint density at radius 2 is 1.22 bits per heavy atom. The molecule has 2 heterocycles. The molecule has 0 saturated carbocycles. The molecule has 4 rings (SSSR count). The highest BCUT2D eigenvalue weighted by Crippen LogP contribution is 2.22. The van der Waals surface area contributed by atoms with Crippen LogP contribution in [0.25, 0.3) is 11.3 Å². The Kier molecular flexibility index (Phi) is 4.70. The van der Waals surface area contributed by atoms with E-state index in [0.29, 0.717) is 0 Å². The lowest BCUT2D eigenvalue weighted by atomic mass is 10.1. The number of anilines is 4. The first kappa shape index (κ1) is 16.7. The van der Waals surface area contributed by atoms with Crippen LogP contribution < -0.4 is 10.6 Å². The van der Waals surface area contributed by atoms with Gasteiger partial charge in [0, 0.05) is 34.8 Å². The Morgan fingerprint density at radius 1 is 0.630 bits per heavy atom. The van der Waals surface area contributed by atoms with Crippen molar-refractivity contribution in [1.29, 1.82) is 0 Å². The number of nitrogens with one attached hydrogen (secondary N) is 2. The molecule has 0 amide bonds. The zero-order valence-electron chi connectivity index (χ0n) is 14.8. The molecule has 0 saturated heterocycles. The second-order valence-electron chi connectivity index (χ2n) is 6.03. The topological polar surface area (TPSA) is 75.6 Å². The predicted octanol–water partition coefficient (Wildman–Crippen LogP) is 4.73. The molecule has 27 heavy (non-hydrogen) atoms. The van der Waals surface area contributed by atoms with Gasteiger partial charge in [-0.2, -0.15) is 0 Å². The summed E-state index contributed by atoms with van der Waals surface area (Å²) >= 11 is 0. The molecule has 6 nitrogen and oxygen atoms in total. The average molecular weight is 354 g/mol. The maximum Gasteiger partial charge on any atom is 0.134 e. The first-order valence-corrected chi connectivity index (χ1v) is 8.56. The molecule has 6 heteroatoms. The van der Waals surface area contributed by atoms with Crippen molar-refractivity contribution >= 4 is 23.0 Å². The summed E-state index contributed by atoms with van der Waals surface area (Å²) in [6.07, 6.45) is 3.12. The molecular formula is C21H18N6. The highest BCUT2D eigenvalue weighted by atomic mass is 15.0. The summed E-state index contributed by atoms with van der Waals surface area (Å²) in [5.74, 6) is 1.52. The van der Waals surface area contributed by atoms with Gasteiger partial charge in [-0.05, 0) is 31.2 Å². The van der Waals surface area contributed by atoms with Crippen LogP contribution in [0.3, 0.4) is 0 Å². The van der Waals surface area contributed by atoms with Gasteiger partial charge in [-0.1, -0.05) is 30.3 Å². The van der Waals surface area contributed by atoms with E-state index in [1.807, 2.05) is 73.7 Å². The molecule has 2 aromatic carbocycles. The Hall–Kier alpha value is -3.80. The molecule has 2 N–H and O–H groups in total. The Labute approximate surface area is 157 Å². The van der Waals surface area contributed by atoms with Gasteiger partial charge in [-0.3, -0.25) is 0 Å². The predicted molar refractivity (Wildman–Crippen MR) is 107 cm³/mol. The first-order valence-electron chi connectivity index (χ1n) is 8.56. The number of hydrogen-bond donors (Lipinski definition) is 2. The number of aryl methyl sites for hydroxylation is 1. The largest absolute Gasteiger partial charge is 0.340 e. The van der Waals surface area contributed by atoms with Gasteiger partial charge in [0.25, 0.3) is 0 Å². The molecule has 0 radical (unpaired) electrons. The van der Waals surface area contributed by atoms with Crippen molar-refractivity contribution in [1.82, 2.24) is 19.9 Å². The molecule has 0 fully saturated rings. The minimum Gasteiger partial charge on any atom is -0.340 e. The summed E-state index contributed by atoms with van der Waals surface area (Å²) < 4.78 is 0. The fourth-order valence-electron chi connectivity index (χ4n) is 2.65. The number of nitrogens with zero attached hydrogens (tertiary/aromatic N) is 4. The van der Waals surface area contributed by atoms with E-state index in [2.05, 4.69) is 30.6 Å². The molecule has 0 unspecified atom stereocenters. The molecule has 0 atom stereocenters. The minimum atomic E-state index is 0.746. The standard InChI is InChI=1S/C21H18N6/c1-15-11-20(24-13-22-15)26-17-7-9-18(10-8-17)27-21-12-19(23-14-25-21)16-5-3-2-4-6-16/h2-14H,1H3,(H,22,24,26)(H,23,25,27). The van der Waals surface area contributed by atoms with E-state index in [4.69, 9.17) is 0 Å². The van der Waals surface area contributed by atoms with Crippen LogP contribution in [0.15, 0.2) is 79.4 Å². The monoisotopic (exact) mass is 354 g/mol. The fourth-order valence-corrected chi connectivity index (χ4v) is 2.65. The molecule has 0 aliphatic heterocycles. The summed E-state index contributed by atoms with van der Waals surface area (Å²) in [4.78, 5) is 17.0. The molecule has 0 aliphatic carbocycles. The van der Waals surface area contributed by atoms with Gasteiger partial charge >= 0.3 is 0 Å². The third-order valence-corrected chi connectivity index (χ3v) is 3.97. The van der Waals surface area contributed by atoms with Crippen LogP contribution in [0.5, 0.6) is 0 Å². The maximum atomic E-state index is 4.35. The second-order valence-corrected chi connectivity index (χ2v) is 6.03. The summed E-state index contributed by atoms with van der Waals surface area (Å²) in [6, 6.07) is 21.8. The zero-order valence-corrected chi connectivity index (χ0v) is 14.8. The van der Waals surface area contributed by atoms with Crippen LogP contribution in [0.2, 0.25) is 0 Å². The maximum absolute atomic E-state index is 4.35. The van der Waals surface area contributed by atoms with Gasteiger partial charge in [0.15, 0.2) is 0 Å². The van der Waals surface area contributed by atoms with Gasteiger partial charge in [0.2, 0.25) is 0 Å². The molecule has 4 aromatic rings. The van der Waals surface area contributed by atoms with E-state index in [1.165, 1.54) is 0 Å². The number of rotatable bonds is 5. The SMILES string of the molecule is Cc1cc(Nc2ccc(Nc3cc(-c4ccccc4)ncn3)cc2)ncn1. The zero-order chi connectivity index (χ0) is 18.5. The van der Waals surface area contributed by atoms with Gasteiger partial charge in [0.05, 0.1) is 5.69 Å². The fraction of sp³-hybridized carbons (Fsp3) is 0.0476. The molecule has 0 spiro atoms. The highest BCUT2D eigenvalue weighted by molar-refractivity contribution is 5.67. The van der Waals surface area contributed by atoms with Crippen molar-refractivity contribution < 1.29 is 0 Å². The second kappa shape index (κ2) is 7.61. The quantitative estimate of drug-likeness (QED) is 0.540. The van der Waals surface area contributed by atoms with Gasteiger partial charge in [0.1, 0.15) is 24.3 Å². The number of aromatic nitrogens is 4. The molecule has 2 aromatic heterocycles. The van der Waals surface area contributed by atoms with Crippen molar-refractivity contribution in [2.45, 2.75) is 6.92 Å². The lowest BCUT2D eigenvalue weighted by Gasteiger charge is -2.09. The van der Waals surface area contributed by atoms with Gasteiger partial charge < -0.3 is 10.6 Å². The highest BCUT2D eigenvalue weighted by Gasteiger charge is 2.03. The molecule has 132 valence electrons. The van der Waals surface area contributed by atoms with E-state index >= 15 is 0 Å². The van der Waals surface area contributed by atoms with Crippen LogP contribution in [0.1, 0.15) is 5.69 Å². The van der Waals surface area contributed by atoms with E-state index in [-0.39, 0.29) is 0 Å². The van der Waals surface area contributed by atoms with Crippen molar-refractivity contribution in [3.8, 4) is 11.3 Å². The van der Waals surface area contributed by atoms with Gasteiger partial charge in [-0.15, -0.1) is 0 Å². The minimum absolute atomic E-state index is 0.746.